The average molecular weight is 187 g/mol. The van der Waals surface area contributed by atoms with Crippen molar-refractivity contribution in [1.82, 2.24) is 0 Å². The molecule has 3 heteroatoms. The van der Waals surface area contributed by atoms with Crippen LogP contribution in [0, 0.1) is 16.7 Å². The average Bonchev–Trinajstić information content (AvgIpc) is 2.36. The van der Waals surface area contributed by atoms with Crippen molar-refractivity contribution in [3.8, 4) is 0 Å². The van der Waals surface area contributed by atoms with Crippen LogP contribution in [0.1, 0.15) is 32.1 Å². The largest absolute Gasteiger partial charge is 0.330 e. The highest BCUT2D eigenvalue weighted by Crippen LogP contribution is 2.89. The van der Waals surface area contributed by atoms with E-state index in [4.69, 9.17) is 5.73 Å². The number of halogens is 2. The zero-order valence-corrected chi connectivity index (χ0v) is 7.65. The monoisotopic (exact) mass is 187 g/mol. The fraction of sp³-hybridized carbons (Fsp3) is 1.00. The Morgan fingerprint density at radius 2 is 1.77 bits per heavy atom. The lowest BCUT2D eigenvalue weighted by atomic mass is 9.62. The van der Waals surface area contributed by atoms with E-state index in [0.717, 1.165) is 19.3 Å². The molecule has 0 bridgehead atoms. The van der Waals surface area contributed by atoms with Crippen LogP contribution >= 0.6 is 0 Å². The van der Waals surface area contributed by atoms with Crippen LogP contribution in [0.25, 0.3) is 0 Å². The highest BCUT2D eigenvalue weighted by molar-refractivity contribution is 5.34. The van der Waals surface area contributed by atoms with E-state index in [1.807, 2.05) is 0 Å². The Hall–Kier alpha value is -0.180. The lowest BCUT2D eigenvalue weighted by Crippen LogP contribution is -2.37. The van der Waals surface area contributed by atoms with Crippen LogP contribution in [0.2, 0.25) is 0 Å². The summed E-state index contributed by atoms with van der Waals surface area (Å²) in [6.45, 7) is 0.591. The summed E-state index contributed by atoms with van der Waals surface area (Å²) in [5.41, 5.74) is 4.34. The van der Waals surface area contributed by atoms with Crippen molar-refractivity contribution in [2.75, 3.05) is 6.54 Å². The van der Waals surface area contributed by atoms with Gasteiger partial charge in [-0.3, -0.25) is 0 Å². The number of hydrogen-bond donors (Lipinski definition) is 1. The third-order valence-electron chi connectivity index (χ3n) is 4.87. The lowest BCUT2D eigenvalue weighted by Gasteiger charge is -2.40. The molecular formula is C10H15F2N. The second-order valence-electron chi connectivity index (χ2n) is 5.10. The van der Waals surface area contributed by atoms with E-state index in [1.165, 1.54) is 0 Å². The highest BCUT2D eigenvalue weighted by Gasteiger charge is 2.93. The summed E-state index contributed by atoms with van der Waals surface area (Å²) in [5.74, 6) is -1.96. The first-order valence-corrected chi connectivity index (χ1v) is 5.18. The summed E-state index contributed by atoms with van der Waals surface area (Å²) < 4.78 is 27.2. The molecule has 2 spiro atoms. The van der Waals surface area contributed by atoms with Gasteiger partial charge in [0.25, 0.3) is 5.92 Å². The molecule has 13 heavy (non-hydrogen) atoms. The zero-order chi connectivity index (χ0) is 9.32. The second-order valence-corrected chi connectivity index (χ2v) is 5.10. The molecule has 0 atom stereocenters. The first-order valence-electron chi connectivity index (χ1n) is 5.18. The third-order valence-corrected chi connectivity index (χ3v) is 4.87. The van der Waals surface area contributed by atoms with Crippen LogP contribution in [-0.4, -0.2) is 12.5 Å². The molecule has 0 unspecified atom stereocenters. The standard InChI is InChI=1S/C10H15F2N/c11-10(12)8(2-1-3-8)9(10)4-7(5-9)6-13/h7H,1-6,13H2. The van der Waals surface area contributed by atoms with E-state index in [2.05, 4.69) is 0 Å². The fourth-order valence-electron chi connectivity index (χ4n) is 3.80. The number of nitrogens with two attached hydrogens (primary N) is 1. The molecule has 0 amide bonds. The molecule has 0 aliphatic heterocycles. The minimum absolute atomic E-state index is 0.380. The van der Waals surface area contributed by atoms with Gasteiger partial charge in [0.2, 0.25) is 0 Å². The van der Waals surface area contributed by atoms with Crippen LogP contribution in [-0.2, 0) is 0 Å². The van der Waals surface area contributed by atoms with Gasteiger partial charge in [0, 0.05) is 10.8 Å². The van der Waals surface area contributed by atoms with Crippen molar-refractivity contribution in [2.24, 2.45) is 22.5 Å². The molecule has 0 heterocycles. The SMILES string of the molecule is NCC1CC2(C1)C(F)(F)C21CCC1. The molecule has 0 radical (unpaired) electrons. The van der Waals surface area contributed by atoms with Gasteiger partial charge in [0.05, 0.1) is 0 Å². The number of hydrogen-bond acceptors (Lipinski definition) is 1. The Balaban J connectivity index is 1.81. The van der Waals surface area contributed by atoms with E-state index in [1.54, 1.807) is 0 Å². The van der Waals surface area contributed by atoms with Gasteiger partial charge in [-0.05, 0) is 38.1 Å². The maximum Gasteiger partial charge on any atom is 0.260 e. The second kappa shape index (κ2) is 1.92. The summed E-state index contributed by atoms with van der Waals surface area (Å²) in [5, 5.41) is 0. The van der Waals surface area contributed by atoms with E-state index < -0.39 is 16.8 Å². The lowest BCUT2D eigenvalue weighted by molar-refractivity contribution is -0.000253. The molecule has 2 N–H and O–H groups in total. The molecule has 0 aromatic rings. The normalized spacial score (nSPS) is 48.7. The number of rotatable bonds is 1. The molecule has 3 rings (SSSR count). The molecule has 3 fully saturated rings. The van der Waals surface area contributed by atoms with E-state index >= 15 is 0 Å². The first-order chi connectivity index (χ1) is 6.10. The van der Waals surface area contributed by atoms with E-state index in [-0.39, 0.29) is 0 Å². The Labute approximate surface area is 76.7 Å². The van der Waals surface area contributed by atoms with Gasteiger partial charge < -0.3 is 5.73 Å². The maximum atomic E-state index is 13.6. The summed E-state index contributed by atoms with van der Waals surface area (Å²) in [6, 6.07) is 0. The van der Waals surface area contributed by atoms with Gasteiger partial charge in [0.1, 0.15) is 0 Å². The van der Waals surface area contributed by atoms with Gasteiger partial charge in [-0.2, -0.15) is 0 Å². The molecule has 0 aromatic heterocycles. The van der Waals surface area contributed by atoms with E-state index in [9.17, 15) is 8.78 Å². The van der Waals surface area contributed by atoms with Crippen molar-refractivity contribution in [3.05, 3.63) is 0 Å². The van der Waals surface area contributed by atoms with Crippen LogP contribution < -0.4 is 5.73 Å². The first kappa shape index (κ1) is 8.16. The van der Waals surface area contributed by atoms with Crippen molar-refractivity contribution >= 4 is 0 Å². The molecular weight excluding hydrogens is 172 g/mol. The van der Waals surface area contributed by atoms with Crippen molar-refractivity contribution in [1.29, 1.82) is 0 Å². The van der Waals surface area contributed by atoms with Crippen LogP contribution in [0.5, 0.6) is 0 Å². The van der Waals surface area contributed by atoms with E-state index in [0.29, 0.717) is 25.3 Å². The summed E-state index contributed by atoms with van der Waals surface area (Å²) >= 11 is 0. The van der Waals surface area contributed by atoms with Crippen molar-refractivity contribution in [3.63, 3.8) is 0 Å². The summed E-state index contributed by atoms with van der Waals surface area (Å²) in [6.07, 6.45) is 3.91. The predicted octanol–water partition coefficient (Wildman–Crippen LogP) is 2.16. The van der Waals surface area contributed by atoms with Gasteiger partial charge >= 0.3 is 0 Å². The maximum absolute atomic E-state index is 13.6. The van der Waals surface area contributed by atoms with Crippen molar-refractivity contribution < 1.29 is 8.78 Å². The highest BCUT2D eigenvalue weighted by atomic mass is 19.3. The van der Waals surface area contributed by atoms with Crippen LogP contribution in [0.15, 0.2) is 0 Å². The molecule has 0 aromatic carbocycles. The fourth-order valence-corrected chi connectivity index (χ4v) is 3.80. The third kappa shape index (κ3) is 0.567. The molecule has 0 saturated heterocycles. The topological polar surface area (TPSA) is 26.0 Å². The molecule has 74 valence electrons. The summed E-state index contributed by atoms with van der Waals surface area (Å²) in [7, 11) is 0. The molecule has 1 nitrogen and oxygen atoms in total. The predicted molar refractivity (Wildman–Crippen MR) is 45.4 cm³/mol. The Bertz CT molecular complexity index is 252. The molecule has 3 saturated carbocycles. The quantitative estimate of drug-likeness (QED) is 0.668. The Morgan fingerprint density at radius 1 is 1.15 bits per heavy atom. The Morgan fingerprint density at radius 3 is 2.08 bits per heavy atom. The Kier molecular flexibility index (Phi) is 1.21. The number of fused-ring (bicyclic) bond motifs is 1. The summed E-state index contributed by atoms with van der Waals surface area (Å²) in [4.78, 5) is 0. The van der Waals surface area contributed by atoms with Crippen molar-refractivity contribution in [2.45, 2.75) is 38.0 Å². The minimum atomic E-state index is -2.34. The van der Waals surface area contributed by atoms with Gasteiger partial charge in [-0.25, -0.2) is 8.78 Å². The van der Waals surface area contributed by atoms with Gasteiger partial charge in [0.15, 0.2) is 0 Å². The molecule has 3 aliphatic carbocycles. The zero-order valence-electron chi connectivity index (χ0n) is 7.65. The number of alkyl halides is 2. The smallest absolute Gasteiger partial charge is 0.260 e. The minimum Gasteiger partial charge on any atom is -0.330 e. The van der Waals surface area contributed by atoms with Gasteiger partial charge in [-0.1, -0.05) is 6.42 Å². The van der Waals surface area contributed by atoms with Crippen LogP contribution in [0.4, 0.5) is 8.78 Å². The van der Waals surface area contributed by atoms with Crippen LogP contribution in [0.3, 0.4) is 0 Å². The van der Waals surface area contributed by atoms with Gasteiger partial charge in [-0.15, -0.1) is 0 Å². The molecule has 3 aliphatic rings.